The van der Waals surface area contributed by atoms with Gasteiger partial charge in [0.15, 0.2) is 0 Å². The van der Waals surface area contributed by atoms with Crippen molar-refractivity contribution < 1.29 is 56.1 Å². The van der Waals surface area contributed by atoms with Crippen molar-refractivity contribution in [2.75, 3.05) is 85.5 Å². The number of anilines is 1. The smallest absolute Gasteiger partial charge is 0.475 e. The van der Waals surface area contributed by atoms with Crippen molar-refractivity contribution in [1.82, 2.24) is 9.55 Å². The molecule has 1 unspecified atom stereocenters. The number of methoxy groups -OCH3 is 2. The van der Waals surface area contributed by atoms with Gasteiger partial charge in [0.05, 0.1) is 86.2 Å². The molecule has 0 saturated carbocycles. The fraction of sp³-hybridized carbons (Fsp3) is 0.375. The molecule has 21 heteroatoms. The number of aromatic nitrogens is 2. The number of benzene rings is 4. The molecule has 4 atom stereocenters. The van der Waals surface area contributed by atoms with Crippen molar-refractivity contribution in [2.24, 2.45) is 5.11 Å². The molecule has 4 aromatic carbocycles. The highest BCUT2D eigenvalue weighted by molar-refractivity contribution is 7.48. The maximum absolute atomic E-state index is 14.5. The average Bonchev–Trinajstić information content (AvgIpc) is 3.77. The van der Waals surface area contributed by atoms with Crippen LogP contribution in [-0.4, -0.2) is 108 Å². The molecule has 20 nitrogen and oxygen atoms in total. The summed E-state index contributed by atoms with van der Waals surface area (Å²) in [6, 6.07) is 36.4. The first-order valence-electron chi connectivity index (χ1n) is 22.0. The lowest BCUT2D eigenvalue weighted by molar-refractivity contribution is -0.0948. The summed E-state index contributed by atoms with van der Waals surface area (Å²) >= 11 is 0. The Morgan fingerprint density at radius 1 is 0.826 bits per heavy atom. The Hall–Kier alpha value is -6.46. The molecule has 5 aromatic rings. The first-order valence-corrected chi connectivity index (χ1v) is 23.5. The molecule has 1 aliphatic heterocycles. The zero-order valence-electron chi connectivity index (χ0n) is 38.2. The van der Waals surface area contributed by atoms with Crippen LogP contribution in [0.25, 0.3) is 10.4 Å². The maximum atomic E-state index is 14.5. The molecular weight excluding hydrogens is 914 g/mol. The molecule has 0 spiro atoms. The molecule has 0 aliphatic carbocycles. The monoisotopic (exact) mass is 967 g/mol. The average molecular weight is 968 g/mol. The third-order valence-corrected chi connectivity index (χ3v) is 12.1. The Morgan fingerprint density at radius 3 is 1.97 bits per heavy atom. The zero-order valence-corrected chi connectivity index (χ0v) is 39.1. The van der Waals surface area contributed by atoms with E-state index in [2.05, 4.69) is 20.3 Å². The summed E-state index contributed by atoms with van der Waals surface area (Å²) in [4.78, 5) is 33.4. The van der Waals surface area contributed by atoms with Crippen LogP contribution in [0.3, 0.4) is 0 Å². The van der Waals surface area contributed by atoms with Crippen molar-refractivity contribution in [1.29, 1.82) is 5.26 Å². The standard InChI is InChI=1S/C48H54N7O13P/c1-59-40-18-14-38(15-19-40)48(37-12-7-4-8-13-37,39-16-20-41(60-2)21-17-39)64-35-43-42(34-45(67-43)55-25-22-44(53-47(55)57)52-46(56)36-10-5-3-6-11-36)68-69(58,65-26-9-23-49)66-33-32-63-31-30-62-29-28-61-27-24-51-54-50/h3-8,10-22,25,42-43,45H,9,24,26-35H2,1-2H3,(H,52,53,56,57)/t42-,43+,45+,69?/m0/s1. The van der Waals surface area contributed by atoms with Crippen LogP contribution in [0, 0.1) is 11.3 Å². The molecule has 2 heterocycles. The van der Waals surface area contributed by atoms with Crippen molar-refractivity contribution >= 4 is 19.5 Å². The first kappa shape index (κ1) is 51.9. The third-order valence-electron chi connectivity index (χ3n) is 10.6. The van der Waals surface area contributed by atoms with Gasteiger partial charge >= 0.3 is 13.5 Å². The van der Waals surface area contributed by atoms with Crippen molar-refractivity contribution in [2.45, 2.75) is 36.9 Å². The summed E-state index contributed by atoms with van der Waals surface area (Å²) in [6.45, 7) is 0.799. The van der Waals surface area contributed by atoms with Gasteiger partial charge in [-0.05, 0) is 64.7 Å². The summed E-state index contributed by atoms with van der Waals surface area (Å²) in [5.41, 5.74) is 8.91. The molecule has 1 aliphatic rings. The second-order valence-corrected chi connectivity index (χ2v) is 16.6. The Bertz CT molecular complexity index is 2510. The van der Waals surface area contributed by atoms with E-state index in [-0.39, 0.29) is 71.5 Å². The van der Waals surface area contributed by atoms with Gasteiger partial charge in [-0.2, -0.15) is 10.2 Å². The number of azide groups is 1. The highest BCUT2D eigenvalue weighted by Gasteiger charge is 2.46. The van der Waals surface area contributed by atoms with E-state index in [0.29, 0.717) is 30.3 Å². The van der Waals surface area contributed by atoms with E-state index in [4.69, 9.17) is 52.3 Å². The number of hydrogen-bond acceptors (Lipinski definition) is 16. The second kappa shape index (κ2) is 26.9. The van der Waals surface area contributed by atoms with Crippen molar-refractivity contribution in [3.8, 4) is 17.6 Å². The van der Waals surface area contributed by atoms with E-state index < -0.39 is 43.5 Å². The van der Waals surface area contributed by atoms with Gasteiger partial charge in [0.1, 0.15) is 41.4 Å². The Morgan fingerprint density at radius 2 is 1.39 bits per heavy atom. The highest BCUT2D eigenvalue weighted by Crippen LogP contribution is 2.53. The van der Waals surface area contributed by atoms with E-state index >= 15 is 0 Å². The molecule has 1 aromatic heterocycles. The largest absolute Gasteiger partial charge is 0.497 e. The minimum Gasteiger partial charge on any atom is -0.497 e. The fourth-order valence-corrected chi connectivity index (χ4v) is 8.62. The van der Waals surface area contributed by atoms with Gasteiger partial charge in [-0.3, -0.25) is 22.9 Å². The molecule has 1 amide bonds. The summed E-state index contributed by atoms with van der Waals surface area (Å²) in [6.07, 6.45) is -1.92. The lowest BCUT2D eigenvalue weighted by Crippen LogP contribution is -2.38. The highest BCUT2D eigenvalue weighted by atomic mass is 31.2. The molecule has 0 radical (unpaired) electrons. The van der Waals surface area contributed by atoms with E-state index in [9.17, 15) is 19.4 Å². The quantitative estimate of drug-likeness (QED) is 0.0121. The lowest BCUT2D eigenvalue weighted by Gasteiger charge is -2.37. The van der Waals surface area contributed by atoms with Crippen LogP contribution in [-0.2, 0) is 47.4 Å². The lowest BCUT2D eigenvalue weighted by atomic mass is 9.80. The van der Waals surface area contributed by atoms with Gasteiger partial charge in [0.25, 0.3) is 5.91 Å². The number of hydrogen-bond donors (Lipinski definition) is 1. The normalized spacial score (nSPS) is 16.4. The number of nitrogens with one attached hydrogen (secondary N) is 1. The van der Waals surface area contributed by atoms with Crippen LogP contribution in [0.15, 0.2) is 131 Å². The summed E-state index contributed by atoms with van der Waals surface area (Å²) in [5, 5.41) is 15.4. The number of nitrogens with zero attached hydrogens (tertiary/aromatic N) is 6. The third kappa shape index (κ3) is 14.8. The predicted molar refractivity (Wildman–Crippen MR) is 251 cm³/mol. The number of amides is 1. The van der Waals surface area contributed by atoms with Gasteiger partial charge in [-0.25, -0.2) is 9.36 Å². The number of rotatable bonds is 29. The Balaban J connectivity index is 1.26. The molecule has 0 bridgehead atoms. The van der Waals surface area contributed by atoms with Crippen molar-refractivity contribution in [3.05, 3.63) is 165 Å². The van der Waals surface area contributed by atoms with Crippen LogP contribution >= 0.6 is 7.82 Å². The van der Waals surface area contributed by atoms with Crippen LogP contribution in [0.1, 0.15) is 46.1 Å². The van der Waals surface area contributed by atoms with Gasteiger partial charge in [-0.1, -0.05) is 77.9 Å². The van der Waals surface area contributed by atoms with Gasteiger partial charge in [0, 0.05) is 29.6 Å². The predicted octanol–water partition coefficient (Wildman–Crippen LogP) is 7.61. The topological polar surface area (TPSA) is 246 Å². The van der Waals surface area contributed by atoms with E-state index in [1.165, 1.54) is 16.8 Å². The molecule has 6 rings (SSSR count). The fourth-order valence-electron chi connectivity index (χ4n) is 7.26. The Labute approximate surface area is 399 Å². The number of phosphoric ester groups is 1. The molecular formula is C48H54N7O13P. The molecule has 1 fully saturated rings. The number of nitriles is 1. The van der Waals surface area contributed by atoms with E-state index in [0.717, 1.165) is 16.7 Å². The van der Waals surface area contributed by atoms with Crippen LogP contribution < -0.4 is 20.5 Å². The molecule has 69 heavy (non-hydrogen) atoms. The summed E-state index contributed by atoms with van der Waals surface area (Å²) < 4.78 is 74.6. The van der Waals surface area contributed by atoms with Gasteiger partial charge < -0.3 is 38.5 Å². The minimum absolute atomic E-state index is 0.0190. The van der Waals surface area contributed by atoms with Crippen LogP contribution in [0.5, 0.6) is 11.5 Å². The summed E-state index contributed by atoms with van der Waals surface area (Å²) in [5.74, 6) is 0.825. The zero-order chi connectivity index (χ0) is 48.7. The SMILES string of the molecule is COc1ccc(C(OC[C@H]2O[C@@H](n3ccc(NC(=O)c4ccccc4)nc3=O)C[C@@H]2OP(=O)(OCCC#N)OCCOCCOCCOCCN=[N+]=[N-])(c2ccccc2)c2ccc(OC)cc2)cc1. The summed E-state index contributed by atoms with van der Waals surface area (Å²) in [7, 11) is -1.32. The molecule has 1 saturated heterocycles. The Kier molecular flexibility index (Phi) is 20.3. The second-order valence-electron chi connectivity index (χ2n) is 15.0. The van der Waals surface area contributed by atoms with E-state index in [1.807, 2.05) is 84.9 Å². The minimum atomic E-state index is -4.48. The van der Waals surface area contributed by atoms with Gasteiger partial charge in [0.2, 0.25) is 0 Å². The van der Waals surface area contributed by atoms with Gasteiger partial charge in [-0.15, -0.1) is 0 Å². The van der Waals surface area contributed by atoms with Crippen LogP contribution in [0.2, 0.25) is 0 Å². The number of ether oxygens (including phenoxy) is 7. The van der Waals surface area contributed by atoms with E-state index in [1.54, 1.807) is 44.6 Å². The number of carbonyl (C=O) groups is 1. The molecule has 1 N–H and O–H groups in total. The molecule has 364 valence electrons. The number of phosphoric acid groups is 1. The first-order chi connectivity index (χ1) is 33.7. The maximum Gasteiger partial charge on any atom is 0.475 e. The number of carbonyl (C=O) groups excluding carboxylic acids is 1. The van der Waals surface area contributed by atoms with Crippen LogP contribution in [0.4, 0.5) is 5.82 Å². The van der Waals surface area contributed by atoms with Crippen molar-refractivity contribution in [3.63, 3.8) is 0 Å².